The van der Waals surface area contributed by atoms with E-state index in [2.05, 4.69) is 28.7 Å². The summed E-state index contributed by atoms with van der Waals surface area (Å²) >= 11 is 0. The molecule has 1 aliphatic heterocycles. The summed E-state index contributed by atoms with van der Waals surface area (Å²) in [5.41, 5.74) is 0.429. The topological polar surface area (TPSA) is 89.3 Å². The van der Waals surface area contributed by atoms with Crippen molar-refractivity contribution in [3.63, 3.8) is 0 Å². The fourth-order valence-electron chi connectivity index (χ4n) is 3.59. The van der Waals surface area contributed by atoms with Crippen molar-refractivity contribution in [2.45, 2.75) is 39.4 Å². The fraction of sp³-hybridized carbons (Fsp3) is 0.450. The molecule has 2 N–H and O–H groups in total. The lowest BCUT2D eigenvalue weighted by Crippen LogP contribution is -2.46. The first-order chi connectivity index (χ1) is 13.3. The zero-order valence-corrected chi connectivity index (χ0v) is 16.1. The van der Waals surface area contributed by atoms with E-state index in [1.807, 2.05) is 4.90 Å². The number of aromatic nitrogens is 2. The van der Waals surface area contributed by atoms with Crippen LogP contribution in [0.25, 0.3) is 0 Å². The monoisotopic (exact) mass is 388 g/mol. The number of hydrogen-bond donors (Lipinski definition) is 2. The van der Waals surface area contributed by atoms with Gasteiger partial charge in [-0.25, -0.2) is 9.18 Å². The van der Waals surface area contributed by atoms with Crippen molar-refractivity contribution in [1.29, 1.82) is 0 Å². The van der Waals surface area contributed by atoms with Crippen molar-refractivity contribution >= 4 is 5.91 Å². The molecule has 150 valence electrons. The zero-order valence-electron chi connectivity index (χ0n) is 16.1. The highest BCUT2D eigenvalue weighted by atomic mass is 19.1. The molecule has 0 radical (unpaired) electrons. The average Bonchev–Trinajstić information content (AvgIpc) is 2.76. The minimum atomic E-state index is -0.535. The molecule has 0 saturated carbocycles. The number of halogens is 1. The molecule has 1 aromatic carbocycles. The minimum absolute atomic E-state index is 0.0335. The molecular weight excluding hydrogens is 363 g/mol. The van der Waals surface area contributed by atoms with Crippen LogP contribution in [0.15, 0.2) is 39.9 Å². The number of aromatic amines is 2. The Hall–Kier alpha value is -2.74. The number of carbonyl (C=O) groups excluding carboxylic acids is 1. The molecule has 2 heterocycles. The minimum Gasteiger partial charge on any atom is -0.334 e. The van der Waals surface area contributed by atoms with Gasteiger partial charge < -0.3 is 9.88 Å². The van der Waals surface area contributed by atoms with Crippen molar-refractivity contribution in [2.75, 3.05) is 13.1 Å². The molecule has 1 atom stereocenters. The Bertz CT molecular complexity index is 907. The number of H-pyrrole nitrogens is 2. The molecule has 1 saturated heterocycles. The Kier molecular flexibility index (Phi) is 6.08. The van der Waals surface area contributed by atoms with Crippen LogP contribution in [0.3, 0.4) is 0 Å². The molecule has 1 aromatic heterocycles. The van der Waals surface area contributed by atoms with Crippen LogP contribution >= 0.6 is 0 Å². The molecule has 28 heavy (non-hydrogen) atoms. The summed E-state index contributed by atoms with van der Waals surface area (Å²) in [5, 5.41) is 0. The van der Waals surface area contributed by atoms with Gasteiger partial charge in [-0.1, -0.05) is 26.0 Å². The van der Waals surface area contributed by atoms with Gasteiger partial charge in [0.15, 0.2) is 0 Å². The molecule has 1 fully saturated rings. The van der Waals surface area contributed by atoms with Gasteiger partial charge in [-0.15, -0.1) is 0 Å². The number of amides is 1. The lowest BCUT2D eigenvalue weighted by atomic mass is 10.0. The summed E-state index contributed by atoms with van der Waals surface area (Å²) in [6.07, 6.45) is 0.345. The fourth-order valence-corrected chi connectivity index (χ4v) is 3.59. The maximum atomic E-state index is 13.2. The Morgan fingerprint density at radius 1 is 1.11 bits per heavy atom. The van der Waals surface area contributed by atoms with Crippen molar-refractivity contribution in [3.05, 3.63) is 68.2 Å². The number of benzene rings is 1. The third-order valence-corrected chi connectivity index (χ3v) is 5.05. The van der Waals surface area contributed by atoms with E-state index in [9.17, 15) is 18.8 Å². The highest BCUT2D eigenvalue weighted by Crippen LogP contribution is 2.21. The Morgan fingerprint density at radius 2 is 1.82 bits per heavy atom. The van der Waals surface area contributed by atoms with Crippen LogP contribution in [0.4, 0.5) is 4.39 Å². The van der Waals surface area contributed by atoms with E-state index in [1.54, 1.807) is 12.1 Å². The van der Waals surface area contributed by atoms with Crippen LogP contribution in [0.2, 0.25) is 0 Å². The first kappa shape index (κ1) is 20.0. The molecule has 3 rings (SSSR count). The second kappa shape index (κ2) is 8.52. The van der Waals surface area contributed by atoms with Crippen molar-refractivity contribution in [3.8, 4) is 0 Å². The van der Waals surface area contributed by atoms with Gasteiger partial charge in [0, 0.05) is 50.4 Å². The smallest absolute Gasteiger partial charge is 0.325 e. The lowest BCUT2D eigenvalue weighted by Gasteiger charge is -2.34. The van der Waals surface area contributed by atoms with Gasteiger partial charge in [-0.2, -0.15) is 0 Å². The lowest BCUT2D eigenvalue weighted by molar-refractivity contribution is -0.134. The summed E-state index contributed by atoms with van der Waals surface area (Å²) in [5.74, 6) is -0.0440. The van der Waals surface area contributed by atoms with Crippen LogP contribution in [0.5, 0.6) is 0 Å². The standard InChI is InChI=1S/C20H25FN4O3/c1-13(2)17-12-24(11-16-9-18(26)23-20(28)22-16)8-7-19(27)25(17)10-14-3-5-15(21)6-4-14/h3-6,9,13,17H,7-8,10-12H2,1-2H3,(H2,22,23,26,28). The predicted octanol–water partition coefficient (Wildman–Crippen LogP) is 1.46. The molecule has 2 aromatic rings. The van der Waals surface area contributed by atoms with E-state index in [1.165, 1.54) is 18.2 Å². The molecule has 0 bridgehead atoms. The molecule has 8 heteroatoms. The highest BCUT2D eigenvalue weighted by Gasteiger charge is 2.31. The van der Waals surface area contributed by atoms with Gasteiger partial charge in [-0.05, 0) is 23.6 Å². The number of hydrogen-bond acceptors (Lipinski definition) is 4. The normalized spacial score (nSPS) is 18.5. The second-order valence-electron chi connectivity index (χ2n) is 7.56. The third kappa shape index (κ3) is 4.95. The molecule has 1 unspecified atom stereocenters. The first-order valence-corrected chi connectivity index (χ1v) is 9.40. The van der Waals surface area contributed by atoms with Crippen molar-refractivity contribution < 1.29 is 9.18 Å². The SMILES string of the molecule is CC(C)C1CN(Cc2cc(=O)[nH]c(=O)[nH]2)CCC(=O)N1Cc1ccc(F)cc1. The maximum absolute atomic E-state index is 13.2. The Balaban J connectivity index is 1.79. The van der Waals surface area contributed by atoms with Gasteiger partial charge >= 0.3 is 5.69 Å². The van der Waals surface area contributed by atoms with Crippen LogP contribution in [0, 0.1) is 11.7 Å². The summed E-state index contributed by atoms with van der Waals surface area (Å²) < 4.78 is 13.2. The Labute approximate surface area is 162 Å². The average molecular weight is 388 g/mol. The van der Waals surface area contributed by atoms with E-state index < -0.39 is 11.2 Å². The summed E-state index contributed by atoms with van der Waals surface area (Å²) in [7, 11) is 0. The van der Waals surface area contributed by atoms with E-state index in [4.69, 9.17) is 0 Å². The zero-order chi connectivity index (χ0) is 20.3. The van der Waals surface area contributed by atoms with Crippen LogP contribution in [-0.4, -0.2) is 44.8 Å². The predicted molar refractivity (Wildman–Crippen MR) is 103 cm³/mol. The van der Waals surface area contributed by atoms with Gasteiger partial charge in [-0.3, -0.25) is 19.5 Å². The number of carbonyl (C=O) groups is 1. The molecule has 7 nitrogen and oxygen atoms in total. The molecule has 1 amide bonds. The van der Waals surface area contributed by atoms with E-state index >= 15 is 0 Å². The van der Waals surface area contributed by atoms with Gasteiger partial charge in [0.05, 0.1) is 0 Å². The number of rotatable bonds is 5. The number of nitrogens with zero attached hydrogens (tertiary/aromatic N) is 2. The van der Waals surface area contributed by atoms with Gasteiger partial charge in [0.25, 0.3) is 5.56 Å². The van der Waals surface area contributed by atoms with Crippen molar-refractivity contribution in [2.24, 2.45) is 5.92 Å². The van der Waals surface area contributed by atoms with Crippen LogP contribution < -0.4 is 11.2 Å². The first-order valence-electron chi connectivity index (χ1n) is 9.40. The van der Waals surface area contributed by atoms with Crippen LogP contribution in [0.1, 0.15) is 31.5 Å². The van der Waals surface area contributed by atoms with Gasteiger partial charge in [0.1, 0.15) is 5.82 Å². The van der Waals surface area contributed by atoms with E-state index in [-0.39, 0.29) is 23.7 Å². The molecular formula is C20H25FN4O3. The summed E-state index contributed by atoms with van der Waals surface area (Å²) in [6.45, 7) is 6.11. The summed E-state index contributed by atoms with van der Waals surface area (Å²) in [4.78, 5) is 44.6. The second-order valence-corrected chi connectivity index (χ2v) is 7.56. The molecule has 0 spiro atoms. The third-order valence-electron chi connectivity index (χ3n) is 5.05. The molecule has 0 aliphatic carbocycles. The van der Waals surface area contributed by atoms with Crippen LogP contribution in [-0.2, 0) is 17.9 Å². The van der Waals surface area contributed by atoms with E-state index in [0.717, 1.165) is 5.56 Å². The Morgan fingerprint density at radius 3 is 2.46 bits per heavy atom. The van der Waals surface area contributed by atoms with Crippen molar-refractivity contribution in [1.82, 2.24) is 19.8 Å². The summed E-state index contributed by atoms with van der Waals surface area (Å²) in [6, 6.07) is 7.53. The van der Waals surface area contributed by atoms with E-state index in [0.29, 0.717) is 38.3 Å². The maximum Gasteiger partial charge on any atom is 0.325 e. The quantitative estimate of drug-likeness (QED) is 0.812. The molecule has 1 aliphatic rings. The number of nitrogens with one attached hydrogen (secondary N) is 2. The largest absolute Gasteiger partial charge is 0.334 e. The van der Waals surface area contributed by atoms with Gasteiger partial charge in [0.2, 0.25) is 5.91 Å². The highest BCUT2D eigenvalue weighted by molar-refractivity contribution is 5.77.